The fourth-order valence-electron chi connectivity index (χ4n) is 2.92. The Morgan fingerprint density at radius 3 is 2.46 bits per heavy atom. The minimum Gasteiger partial charge on any atom is -0.480 e. The number of alkyl halides is 3. The van der Waals surface area contributed by atoms with E-state index >= 15 is 0 Å². The van der Waals surface area contributed by atoms with Gasteiger partial charge in [-0.05, 0) is 37.6 Å². The van der Waals surface area contributed by atoms with Gasteiger partial charge in [0.25, 0.3) is 5.91 Å². The number of para-hydroxylation sites is 1. The monoisotopic (exact) mass is 518 g/mol. The van der Waals surface area contributed by atoms with E-state index < -0.39 is 70.0 Å². The number of halogens is 6. The van der Waals surface area contributed by atoms with Gasteiger partial charge < -0.3 is 19.6 Å². The van der Waals surface area contributed by atoms with E-state index in [1.54, 1.807) is 6.92 Å². The normalized spacial score (nSPS) is 12.3. The summed E-state index contributed by atoms with van der Waals surface area (Å²) in [4.78, 5) is 28.0. The van der Waals surface area contributed by atoms with Crippen molar-refractivity contribution in [2.75, 3.05) is 5.32 Å². The average molecular weight is 519 g/mol. The van der Waals surface area contributed by atoms with E-state index in [0.717, 1.165) is 6.07 Å². The summed E-state index contributed by atoms with van der Waals surface area (Å²) in [5.74, 6) is -6.72. The molecule has 0 spiro atoms. The van der Waals surface area contributed by atoms with Crippen molar-refractivity contribution >= 4 is 29.2 Å². The van der Waals surface area contributed by atoms with E-state index in [1.807, 2.05) is 0 Å². The van der Waals surface area contributed by atoms with Crippen molar-refractivity contribution in [3.8, 4) is 17.2 Å². The second kappa shape index (κ2) is 9.90. The molecule has 1 aromatic heterocycles. The first-order chi connectivity index (χ1) is 16.3. The number of nitrogens with one attached hydrogen (secondary N) is 1. The van der Waals surface area contributed by atoms with Crippen LogP contribution in [0.1, 0.15) is 40.5 Å². The Bertz CT molecular complexity index is 1270. The van der Waals surface area contributed by atoms with E-state index in [9.17, 15) is 36.6 Å². The van der Waals surface area contributed by atoms with Gasteiger partial charge in [-0.25, -0.2) is 18.6 Å². The van der Waals surface area contributed by atoms with Gasteiger partial charge in [0.05, 0.1) is 27.5 Å². The zero-order chi connectivity index (χ0) is 26.1. The van der Waals surface area contributed by atoms with Crippen LogP contribution in [0.3, 0.4) is 0 Å². The Morgan fingerprint density at radius 2 is 1.91 bits per heavy atom. The van der Waals surface area contributed by atoms with Crippen LogP contribution in [0.25, 0.3) is 11.5 Å². The molecule has 2 aromatic carbocycles. The molecule has 0 radical (unpaired) electrons. The van der Waals surface area contributed by atoms with Crippen LogP contribution in [0.15, 0.2) is 34.7 Å². The van der Waals surface area contributed by atoms with Crippen LogP contribution in [0.2, 0.25) is 5.02 Å². The zero-order valence-corrected chi connectivity index (χ0v) is 18.7. The molecule has 1 amide bonds. The molecule has 13 heteroatoms. The van der Waals surface area contributed by atoms with Gasteiger partial charge >= 0.3 is 12.1 Å². The number of ether oxygens (including phenoxy) is 1. The second-order valence-electron chi connectivity index (χ2n) is 7.13. The molecule has 7 nitrogen and oxygen atoms in total. The molecule has 0 aliphatic rings. The zero-order valence-electron chi connectivity index (χ0n) is 18.0. The van der Waals surface area contributed by atoms with Crippen LogP contribution in [-0.2, 0) is 6.42 Å². The highest BCUT2D eigenvalue weighted by Crippen LogP contribution is 2.35. The van der Waals surface area contributed by atoms with Crippen molar-refractivity contribution < 1.29 is 45.8 Å². The van der Waals surface area contributed by atoms with Crippen LogP contribution in [0.5, 0.6) is 5.75 Å². The van der Waals surface area contributed by atoms with E-state index in [4.69, 9.17) is 20.8 Å². The van der Waals surface area contributed by atoms with Crippen molar-refractivity contribution in [2.45, 2.75) is 32.5 Å². The van der Waals surface area contributed by atoms with E-state index in [-0.39, 0.29) is 17.1 Å². The number of aromatic nitrogens is 1. The number of hydrogen-bond donors (Lipinski definition) is 2. The molecular weight excluding hydrogens is 503 g/mol. The third-order valence-electron chi connectivity index (χ3n) is 4.74. The fourth-order valence-corrected chi connectivity index (χ4v) is 3.13. The topological polar surface area (TPSA) is 102 Å². The van der Waals surface area contributed by atoms with Crippen LogP contribution in [0.4, 0.5) is 27.6 Å². The number of carbonyl (C=O) groups excluding carboxylic acids is 1. The predicted octanol–water partition coefficient (Wildman–Crippen LogP) is 6.12. The number of anilines is 1. The molecule has 0 saturated heterocycles. The molecular formula is C22H16ClF5N2O5. The Hall–Kier alpha value is -3.67. The maximum atomic E-state index is 15.0. The van der Waals surface area contributed by atoms with Gasteiger partial charge in [-0.2, -0.15) is 13.2 Å². The summed E-state index contributed by atoms with van der Waals surface area (Å²) in [6.45, 7) is 2.21. The number of rotatable bonds is 7. The number of carboxylic acids is 1. The number of carboxylic acid groups (broad SMARTS) is 1. The van der Waals surface area contributed by atoms with Crippen LogP contribution >= 0.6 is 11.6 Å². The first-order valence-corrected chi connectivity index (χ1v) is 10.3. The maximum absolute atomic E-state index is 15.0. The van der Waals surface area contributed by atoms with Gasteiger partial charge in [0.2, 0.25) is 11.7 Å². The molecule has 3 rings (SSSR count). The van der Waals surface area contributed by atoms with Crippen LogP contribution in [0, 0.1) is 11.6 Å². The number of amides is 1. The SMILES string of the molecule is CCc1nc(-c2cc(OC(C)C(F)(F)F)c(C(=O)Nc3c(F)cccc3Cl)cc2F)oc1C(=O)O. The van der Waals surface area contributed by atoms with Crippen molar-refractivity contribution in [1.82, 2.24) is 4.98 Å². The van der Waals surface area contributed by atoms with Crippen LogP contribution in [-0.4, -0.2) is 34.2 Å². The summed E-state index contributed by atoms with van der Waals surface area (Å²) in [5, 5.41) is 11.1. The van der Waals surface area contributed by atoms with Gasteiger partial charge in [-0.1, -0.05) is 24.6 Å². The van der Waals surface area contributed by atoms with Crippen LogP contribution < -0.4 is 10.1 Å². The highest BCUT2D eigenvalue weighted by atomic mass is 35.5. The molecule has 1 atom stereocenters. The molecule has 186 valence electrons. The summed E-state index contributed by atoms with van der Waals surface area (Å²) in [7, 11) is 0. The highest BCUT2D eigenvalue weighted by molar-refractivity contribution is 6.34. The van der Waals surface area contributed by atoms with Crippen molar-refractivity contribution in [3.63, 3.8) is 0 Å². The third kappa shape index (κ3) is 5.53. The first kappa shape index (κ1) is 25.9. The van der Waals surface area contributed by atoms with E-state index in [2.05, 4.69) is 10.3 Å². The fraction of sp³-hybridized carbons (Fsp3) is 0.227. The lowest BCUT2D eigenvalue weighted by molar-refractivity contribution is -0.189. The smallest absolute Gasteiger partial charge is 0.425 e. The number of hydrogen-bond acceptors (Lipinski definition) is 5. The Morgan fingerprint density at radius 1 is 1.23 bits per heavy atom. The number of carbonyl (C=O) groups is 2. The molecule has 2 N–H and O–H groups in total. The lowest BCUT2D eigenvalue weighted by Gasteiger charge is -2.20. The molecule has 0 saturated carbocycles. The van der Waals surface area contributed by atoms with Gasteiger partial charge in [0.1, 0.15) is 17.4 Å². The van der Waals surface area contributed by atoms with Gasteiger partial charge in [-0.15, -0.1) is 0 Å². The molecule has 0 bridgehead atoms. The number of benzene rings is 2. The number of nitrogens with zero attached hydrogens (tertiary/aromatic N) is 1. The predicted molar refractivity (Wildman–Crippen MR) is 114 cm³/mol. The van der Waals surface area contributed by atoms with Crippen molar-refractivity contribution in [2.24, 2.45) is 0 Å². The summed E-state index contributed by atoms with van der Waals surface area (Å²) in [6, 6.07) is 4.73. The minimum atomic E-state index is -4.86. The lowest BCUT2D eigenvalue weighted by Crippen LogP contribution is -2.32. The van der Waals surface area contributed by atoms with Gasteiger partial charge in [0, 0.05) is 0 Å². The molecule has 0 aliphatic carbocycles. The summed E-state index contributed by atoms with van der Waals surface area (Å²) in [6.07, 6.45) is -7.19. The van der Waals surface area contributed by atoms with Gasteiger partial charge in [0.15, 0.2) is 6.10 Å². The Balaban J connectivity index is 2.12. The number of aryl methyl sites for hydroxylation is 1. The summed E-state index contributed by atoms with van der Waals surface area (Å²) >= 11 is 5.86. The van der Waals surface area contributed by atoms with E-state index in [0.29, 0.717) is 19.1 Å². The standard InChI is InChI=1S/C22H16ClF5N2O5/c1-3-15-18(21(32)33)35-20(29-15)10-8-16(34-9(2)22(26,27)28)11(7-14(10)25)19(31)30-17-12(23)5-4-6-13(17)24/h4-9H,3H2,1-2H3,(H,30,31)(H,32,33). The van der Waals surface area contributed by atoms with Gasteiger partial charge in [-0.3, -0.25) is 4.79 Å². The quantitative estimate of drug-likeness (QED) is 0.366. The number of aromatic carboxylic acids is 1. The van der Waals surface area contributed by atoms with Crippen molar-refractivity contribution in [1.29, 1.82) is 0 Å². The molecule has 1 unspecified atom stereocenters. The molecule has 35 heavy (non-hydrogen) atoms. The van der Waals surface area contributed by atoms with E-state index in [1.165, 1.54) is 12.1 Å². The molecule has 0 aliphatic heterocycles. The van der Waals surface area contributed by atoms with Crippen molar-refractivity contribution in [3.05, 3.63) is 64.0 Å². The minimum absolute atomic E-state index is 0.0333. The first-order valence-electron chi connectivity index (χ1n) is 9.89. The maximum Gasteiger partial charge on any atom is 0.425 e. The summed E-state index contributed by atoms with van der Waals surface area (Å²) in [5.41, 5.74) is -1.79. The molecule has 3 aromatic rings. The highest BCUT2D eigenvalue weighted by Gasteiger charge is 2.39. The average Bonchev–Trinajstić information content (AvgIpc) is 3.21. The second-order valence-corrected chi connectivity index (χ2v) is 7.54. The Kier molecular flexibility index (Phi) is 7.34. The largest absolute Gasteiger partial charge is 0.480 e. The third-order valence-corrected chi connectivity index (χ3v) is 5.05. The molecule has 0 fully saturated rings. The molecule has 1 heterocycles. The Labute approximate surface area is 199 Å². The number of oxazole rings is 1. The summed E-state index contributed by atoms with van der Waals surface area (Å²) < 4.78 is 78.5. The lowest BCUT2D eigenvalue weighted by atomic mass is 10.1.